The molecule has 0 aliphatic heterocycles. The molecular weight excluding hydrogens is 218 g/mol. The number of unbranched alkanes of at least 4 members (excludes halogenated alkanes) is 5. The molecule has 0 aliphatic carbocycles. The van der Waals surface area contributed by atoms with E-state index in [1.54, 1.807) is 7.05 Å². The average Bonchev–Trinajstić information content (AvgIpc) is 2.31. The Morgan fingerprint density at radius 3 is 2.41 bits per heavy atom. The molecule has 0 aromatic rings. The Hall–Kier alpha value is -0.610. The number of likely N-dealkylation sites (N-methyl/N-ethyl adjacent to an activating group) is 1. The summed E-state index contributed by atoms with van der Waals surface area (Å²) in [4.78, 5) is 10.7. The summed E-state index contributed by atoms with van der Waals surface area (Å²) in [6.07, 6.45) is 8.03. The highest BCUT2D eigenvalue weighted by atomic mass is 16.5. The Labute approximate surface area is 105 Å². The van der Waals surface area contributed by atoms with Crippen LogP contribution in [0.2, 0.25) is 0 Å². The van der Waals surface area contributed by atoms with Crippen LogP contribution in [0.4, 0.5) is 0 Å². The molecular formula is C13H27NO3. The van der Waals surface area contributed by atoms with Crippen molar-refractivity contribution in [1.29, 1.82) is 0 Å². The lowest BCUT2D eigenvalue weighted by Gasteiger charge is -2.10. The Morgan fingerprint density at radius 2 is 1.82 bits per heavy atom. The Morgan fingerprint density at radius 1 is 1.18 bits per heavy atom. The second-order valence-corrected chi connectivity index (χ2v) is 4.35. The molecule has 4 nitrogen and oxygen atoms in total. The lowest BCUT2D eigenvalue weighted by atomic mass is 10.1. The molecule has 0 aromatic heterocycles. The number of nitrogens with one attached hydrogen (secondary N) is 1. The SMILES string of the molecule is CCCCCCCCOCCC(NC)C(=O)O. The van der Waals surface area contributed by atoms with Gasteiger partial charge in [-0.15, -0.1) is 0 Å². The minimum absolute atomic E-state index is 0.487. The minimum atomic E-state index is -0.810. The normalized spacial score (nSPS) is 12.6. The van der Waals surface area contributed by atoms with Crippen molar-refractivity contribution in [3.8, 4) is 0 Å². The largest absolute Gasteiger partial charge is 0.480 e. The number of carbonyl (C=O) groups is 1. The van der Waals surface area contributed by atoms with Crippen LogP contribution in [0.15, 0.2) is 0 Å². The topological polar surface area (TPSA) is 58.6 Å². The second kappa shape index (κ2) is 11.9. The first-order valence-electron chi connectivity index (χ1n) is 6.70. The molecule has 0 spiro atoms. The first kappa shape index (κ1) is 16.4. The van der Waals surface area contributed by atoms with Gasteiger partial charge in [0.15, 0.2) is 0 Å². The summed E-state index contributed by atoms with van der Waals surface area (Å²) in [5, 5.41) is 11.5. The van der Waals surface area contributed by atoms with Crippen molar-refractivity contribution in [1.82, 2.24) is 5.32 Å². The van der Waals surface area contributed by atoms with E-state index in [0.29, 0.717) is 13.0 Å². The van der Waals surface area contributed by atoms with Crippen molar-refractivity contribution in [2.75, 3.05) is 20.3 Å². The van der Waals surface area contributed by atoms with Gasteiger partial charge in [-0.3, -0.25) is 4.79 Å². The molecule has 2 N–H and O–H groups in total. The lowest BCUT2D eigenvalue weighted by molar-refractivity contribution is -0.139. The summed E-state index contributed by atoms with van der Waals surface area (Å²) in [6, 6.07) is -0.487. The van der Waals surface area contributed by atoms with E-state index in [4.69, 9.17) is 9.84 Å². The monoisotopic (exact) mass is 245 g/mol. The summed E-state index contributed by atoms with van der Waals surface area (Å²) < 4.78 is 5.42. The van der Waals surface area contributed by atoms with Crippen molar-refractivity contribution in [2.24, 2.45) is 0 Å². The Balaban J connectivity index is 3.20. The Kier molecular flexibility index (Phi) is 11.4. The maximum Gasteiger partial charge on any atom is 0.320 e. The molecule has 0 bridgehead atoms. The molecule has 1 atom stereocenters. The van der Waals surface area contributed by atoms with Crippen LogP contribution in [0.5, 0.6) is 0 Å². The summed E-state index contributed by atoms with van der Waals surface area (Å²) >= 11 is 0. The summed E-state index contributed by atoms with van der Waals surface area (Å²) in [5.41, 5.74) is 0. The fourth-order valence-electron chi connectivity index (χ4n) is 1.68. The van der Waals surface area contributed by atoms with Crippen LogP contribution < -0.4 is 5.32 Å². The van der Waals surface area contributed by atoms with Gasteiger partial charge in [0.25, 0.3) is 0 Å². The van der Waals surface area contributed by atoms with E-state index >= 15 is 0 Å². The minimum Gasteiger partial charge on any atom is -0.480 e. The first-order chi connectivity index (χ1) is 8.22. The molecule has 0 rings (SSSR count). The van der Waals surface area contributed by atoms with E-state index < -0.39 is 12.0 Å². The fourth-order valence-corrected chi connectivity index (χ4v) is 1.68. The molecule has 102 valence electrons. The highest BCUT2D eigenvalue weighted by Gasteiger charge is 2.13. The van der Waals surface area contributed by atoms with E-state index in [-0.39, 0.29) is 0 Å². The van der Waals surface area contributed by atoms with Gasteiger partial charge in [0.05, 0.1) is 0 Å². The second-order valence-electron chi connectivity index (χ2n) is 4.35. The maximum absolute atomic E-state index is 10.7. The molecule has 4 heteroatoms. The Bertz CT molecular complexity index is 186. The number of carboxylic acid groups (broad SMARTS) is 1. The maximum atomic E-state index is 10.7. The van der Waals surface area contributed by atoms with Crippen molar-refractivity contribution >= 4 is 5.97 Å². The van der Waals surface area contributed by atoms with Gasteiger partial charge in [-0.2, -0.15) is 0 Å². The smallest absolute Gasteiger partial charge is 0.320 e. The third kappa shape index (κ3) is 10.3. The molecule has 0 saturated carbocycles. The number of ether oxygens (including phenoxy) is 1. The predicted molar refractivity (Wildman–Crippen MR) is 69.3 cm³/mol. The third-order valence-corrected chi connectivity index (χ3v) is 2.84. The quantitative estimate of drug-likeness (QED) is 0.518. The molecule has 0 amide bonds. The molecule has 0 heterocycles. The standard InChI is InChI=1S/C13H27NO3/c1-3-4-5-6-7-8-10-17-11-9-12(14-2)13(15)16/h12,14H,3-11H2,1-2H3,(H,15,16). The van der Waals surface area contributed by atoms with Crippen molar-refractivity contribution < 1.29 is 14.6 Å². The van der Waals surface area contributed by atoms with E-state index in [1.165, 1.54) is 32.1 Å². The van der Waals surface area contributed by atoms with Crippen LogP contribution in [-0.4, -0.2) is 37.4 Å². The van der Waals surface area contributed by atoms with Crippen LogP contribution in [0.1, 0.15) is 51.9 Å². The van der Waals surface area contributed by atoms with Crippen molar-refractivity contribution in [3.63, 3.8) is 0 Å². The van der Waals surface area contributed by atoms with Gasteiger partial charge in [-0.1, -0.05) is 39.0 Å². The lowest BCUT2D eigenvalue weighted by Crippen LogP contribution is -2.34. The van der Waals surface area contributed by atoms with Crippen LogP contribution in [0, 0.1) is 0 Å². The van der Waals surface area contributed by atoms with E-state index in [2.05, 4.69) is 12.2 Å². The number of hydrogen-bond acceptors (Lipinski definition) is 3. The van der Waals surface area contributed by atoms with Crippen molar-refractivity contribution in [3.05, 3.63) is 0 Å². The summed E-state index contributed by atoms with van der Waals surface area (Å²) in [7, 11) is 1.66. The molecule has 0 aliphatic rings. The van der Waals surface area contributed by atoms with E-state index in [0.717, 1.165) is 13.0 Å². The first-order valence-corrected chi connectivity index (χ1v) is 6.70. The van der Waals surface area contributed by atoms with Gasteiger partial charge in [-0.05, 0) is 19.9 Å². The molecule has 17 heavy (non-hydrogen) atoms. The van der Waals surface area contributed by atoms with Crippen LogP contribution >= 0.6 is 0 Å². The molecule has 0 saturated heterocycles. The predicted octanol–water partition coefficient (Wildman–Crippen LogP) is 2.43. The third-order valence-electron chi connectivity index (χ3n) is 2.84. The van der Waals surface area contributed by atoms with Crippen molar-refractivity contribution in [2.45, 2.75) is 57.9 Å². The number of carboxylic acids is 1. The van der Waals surface area contributed by atoms with Gasteiger partial charge in [-0.25, -0.2) is 0 Å². The molecule has 0 radical (unpaired) electrons. The van der Waals surface area contributed by atoms with E-state index in [1.807, 2.05) is 0 Å². The summed E-state index contributed by atoms with van der Waals surface area (Å²) in [5.74, 6) is -0.810. The molecule has 0 fully saturated rings. The van der Waals surface area contributed by atoms with Crippen LogP contribution in [0.3, 0.4) is 0 Å². The van der Waals surface area contributed by atoms with E-state index in [9.17, 15) is 4.79 Å². The van der Waals surface area contributed by atoms with Gasteiger partial charge in [0.2, 0.25) is 0 Å². The van der Waals surface area contributed by atoms with Crippen LogP contribution in [0.25, 0.3) is 0 Å². The number of rotatable bonds is 12. The molecule has 0 aromatic carbocycles. The zero-order valence-electron chi connectivity index (χ0n) is 11.2. The fraction of sp³-hybridized carbons (Fsp3) is 0.923. The summed E-state index contributed by atoms with van der Waals surface area (Å²) in [6.45, 7) is 3.48. The number of hydrogen-bond donors (Lipinski definition) is 2. The molecule has 1 unspecified atom stereocenters. The van der Waals surface area contributed by atoms with Gasteiger partial charge < -0.3 is 15.2 Å². The van der Waals surface area contributed by atoms with Gasteiger partial charge in [0.1, 0.15) is 6.04 Å². The van der Waals surface area contributed by atoms with Gasteiger partial charge >= 0.3 is 5.97 Å². The average molecular weight is 245 g/mol. The van der Waals surface area contributed by atoms with Crippen LogP contribution in [-0.2, 0) is 9.53 Å². The zero-order valence-corrected chi connectivity index (χ0v) is 11.2. The van der Waals surface area contributed by atoms with Gasteiger partial charge in [0, 0.05) is 13.2 Å². The highest BCUT2D eigenvalue weighted by Crippen LogP contribution is 2.05. The highest BCUT2D eigenvalue weighted by molar-refractivity contribution is 5.73. The zero-order chi connectivity index (χ0) is 12.9. The number of aliphatic carboxylic acids is 1.